The van der Waals surface area contributed by atoms with Crippen LogP contribution in [0.25, 0.3) is 0 Å². The Labute approximate surface area is 156 Å². The van der Waals surface area contributed by atoms with Crippen LogP contribution in [0.5, 0.6) is 0 Å². The van der Waals surface area contributed by atoms with Gasteiger partial charge >= 0.3 is 0 Å². The Morgan fingerprint density at radius 1 is 1.19 bits per heavy atom. The van der Waals surface area contributed by atoms with Crippen LogP contribution in [0.15, 0.2) is 58.5 Å². The molecule has 0 spiro atoms. The molecule has 1 atom stereocenters. The standard InChI is InChI=1S/C23H29NO2/c1-5-26-22-14-21(19-8-6-7-9-20(19)22)23(17(4)25)16(3)24-18-12-10-15(2)11-13-18/h10-14,20,24H,5-9H2,1-4H3/b23-16+/t20-/m1/s1. The molecule has 3 rings (SSSR count). The van der Waals surface area contributed by atoms with Crippen molar-refractivity contribution in [1.29, 1.82) is 0 Å². The van der Waals surface area contributed by atoms with E-state index in [0.29, 0.717) is 12.5 Å². The third kappa shape index (κ3) is 3.77. The average Bonchev–Trinajstić information content (AvgIpc) is 2.96. The Balaban J connectivity index is 2.00. The first-order valence-electron chi connectivity index (χ1n) is 9.64. The highest BCUT2D eigenvalue weighted by atomic mass is 16.5. The Kier molecular flexibility index (Phi) is 5.65. The summed E-state index contributed by atoms with van der Waals surface area (Å²) in [5, 5.41) is 3.42. The fourth-order valence-electron chi connectivity index (χ4n) is 4.10. The smallest absolute Gasteiger partial charge is 0.162 e. The molecule has 0 bridgehead atoms. The highest BCUT2D eigenvalue weighted by Gasteiger charge is 2.33. The van der Waals surface area contributed by atoms with Crippen molar-refractivity contribution in [1.82, 2.24) is 0 Å². The van der Waals surface area contributed by atoms with Gasteiger partial charge < -0.3 is 10.1 Å². The Morgan fingerprint density at radius 2 is 1.92 bits per heavy atom. The van der Waals surface area contributed by atoms with Gasteiger partial charge in [-0.3, -0.25) is 4.79 Å². The average molecular weight is 351 g/mol. The van der Waals surface area contributed by atoms with E-state index in [1.165, 1.54) is 24.0 Å². The molecule has 0 unspecified atom stereocenters. The summed E-state index contributed by atoms with van der Waals surface area (Å²) in [6.45, 7) is 8.42. The third-order valence-electron chi connectivity index (χ3n) is 5.28. The number of Topliss-reactive ketones (excluding diaryl/α,β-unsaturated/α-hetero) is 1. The monoisotopic (exact) mass is 351 g/mol. The van der Waals surface area contributed by atoms with Gasteiger partial charge in [0.15, 0.2) is 5.78 Å². The summed E-state index contributed by atoms with van der Waals surface area (Å²) in [6.07, 6.45) is 6.72. The zero-order valence-electron chi connectivity index (χ0n) is 16.3. The van der Waals surface area contributed by atoms with Crippen LogP contribution in [0.1, 0.15) is 52.0 Å². The molecule has 0 amide bonds. The van der Waals surface area contributed by atoms with E-state index in [1.807, 2.05) is 26.0 Å². The maximum atomic E-state index is 12.6. The quantitative estimate of drug-likeness (QED) is 0.669. The van der Waals surface area contributed by atoms with Gasteiger partial charge in [0.2, 0.25) is 0 Å². The molecule has 2 aliphatic carbocycles. The zero-order chi connectivity index (χ0) is 18.7. The van der Waals surface area contributed by atoms with E-state index < -0.39 is 0 Å². The molecule has 1 N–H and O–H groups in total. The second-order valence-corrected chi connectivity index (χ2v) is 7.26. The van der Waals surface area contributed by atoms with Gasteiger partial charge in [-0.05, 0) is 70.7 Å². The summed E-state index contributed by atoms with van der Waals surface area (Å²) >= 11 is 0. The van der Waals surface area contributed by atoms with Crippen LogP contribution in [0.4, 0.5) is 5.69 Å². The van der Waals surface area contributed by atoms with Crippen LogP contribution in [-0.4, -0.2) is 12.4 Å². The summed E-state index contributed by atoms with van der Waals surface area (Å²) in [4.78, 5) is 12.6. The van der Waals surface area contributed by atoms with Crippen molar-refractivity contribution in [2.75, 3.05) is 11.9 Å². The van der Waals surface area contributed by atoms with E-state index in [-0.39, 0.29) is 5.78 Å². The summed E-state index contributed by atoms with van der Waals surface area (Å²) < 4.78 is 5.91. The predicted molar refractivity (Wildman–Crippen MR) is 107 cm³/mol. The molecule has 1 fully saturated rings. The van der Waals surface area contributed by atoms with Crippen LogP contribution in [0.3, 0.4) is 0 Å². The summed E-state index contributed by atoms with van der Waals surface area (Å²) in [7, 11) is 0. The number of nitrogens with one attached hydrogen (secondary N) is 1. The second-order valence-electron chi connectivity index (χ2n) is 7.26. The van der Waals surface area contributed by atoms with Crippen LogP contribution >= 0.6 is 0 Å². The molecule has 1 aromatic rings. The van der Waals surface area contributed by atoms with Crippen molar-refractivity contribution in [2.24, 2.45) is 5.92 Å². The minimum absolute atomic E-state index is 0.0999. The number of carbonyl (C=O) groups excluding carboxylic acids is 1. The lowest BCUT2D eigenvalue weighted by Crippen LogP contribution is -2.13. The van der Waals surface area contributed by atoms with Crippen molar-refractivity contribution in [2.45, 2.75) is 53.4 Å². The number of allylic oxidation sites excluding steroid dienone is 5. The van der Waals surface area contributed by atoms with E-state index in [9.17, 15) is 4.79 Å². The molecular formula is C23H29NO2. The summed E-state index contributed by atoms with van der Waals surface area (Å²) in [6, 6.07) is 8.25. The molecular weight excluding hydrogens is 322 g/mol. The largest absolute Gasteiger partial charge is 0.498 e. The highest BCUT2D eigenvalue weighted by Crippen LogP contribution is 2.45. The molecule has 0 aliphatic heterocycles. The fraction of sp³-hybridized carbons (Fsp3) is 0.435. The summed E-state index contributed by atoms with van der Waals surface area (Å²) in [5.74, 6) is 1.50. The lowest BCUT2D eigenvalue weighted by molar-refractivity contribution is -0.113. The number of hydrogen-bond acceptors (Lipinski definition) is 3. The molecule has 2 aliphatic rings. The molecule has 0 heterocycles. The number of ketones is 1. The normalized spacial score (nSPS) is 20.3. The van der Waals surface area contributed by atoms with Gasteiger partial charge in [-0.25, -0.2) is 0 Å². The second kappa shape index (κ2) is 7.94. The number of hydrogen-bond donors (Lipinski definition) is 1. The van der Waals surface area contributed by atoms with E-state index in [4.69, 9.17) is 4.74 Å². The number of carbonyl (C=O) groups is 1. The van der Waals surface area contributed by atoms with Crippen LogP contribution in [-0.2, 0) is 9.53 Å². The topological polar surface area (TPSA) is 38.3 Å². The fourth-order valence-corrected chi connectivity index (χ4v) is 4.10. The minimum Gasteiger partial charge on any atom is -0.498 e. The summed E-state index contributed by atoms with van der Waals surface area (Å²) in [5.41, 5.74) is 6.39. The van der Waals surface area contributed by atoms with E-state index in [1.54, 1.807) is 6.92 Å². The van der Waals surface area contributed by atoms with Crippen molar-refractivity contribution in [3.05, 3.63) is 64.1 Å². The molecule has 1 saturated carbocycles. The number of ether oxygens (including phenoxy) is 1. The van der Waals surface area contributed by atoms with Gasteiger partial charge in [-0.1, -0.05) is 29.7 Å². The first-order valence-corrected chi connectivity index (χ1v) is 9.64. The minimum atomic E-state index is 0.0999. The zero-order valence-corrected chi connectivity index (χ0v) is 16.3. The predicted octanol–water partition coefficient (Wildman–Crippen LogP) is 5.69. The first kappa shape index (κ1) is 18.5. The molecule has 26 heavy (non-hydrogen) atoms. The number of anilines is 1. The number of fused-ring (bicyclic) bond motifs is 1. The molecule has 3 heteroatoms. The number of rotatable bonds is 6. The van der Waals surface area contributed by atoms with Crippen molar-refractivity contribution in [3.63, 3.8) is 0 Å². The maximum absolute atomic E-state index is 12.6. The molecule has 138 valence electrons. The first-order chi connectivity index (χ1) is 12.5. The number of aryl methyl sites for hydroxylation is 1. The van der Waals surface area contributed by atoms with Gasteiger partial charge in [0, 0.05) is 22.9 Å². The van der Waals surface area contributed by atoms with Crippen LogP contribution in [0.2, 0.25) is 0 Å². The van der Waals surface area contributed by atoms with Crippen molar-refractivity contribution in [3.8, 4) is 0 Å². The third-order valence-corrected chi connectivity index (χ3v) is 5.28. The van der Waals surface area contributed by atoms with Crippen LogP contribution < -0.4 is 5.32 Å². The highest BCUT2D eigenvalue weighted by molar-refractivity contribution is 6.00. The van der Waals surface area contributed by atoms with Gasteiger partial charge in [0.25, 0.3) is 0 Å². The van der Waals surface area contributed by atoms with Gasteiger partial charge in [-0.2, -0.15) is 0 Å². The Hall–Kier alpha value is -2.29. The molecule has 0 radical (unpaired) electrons. The van der Waals surface area contributed by atoms with E-state index in [0.717, 1.165) is 41.1 Å². The molecule has 0 aromatic heterocycles. The lowest BCUT2D eigenvalue weighted by atomic mass is 9.83. The molecule has 3 nitrogen and oxygen atoms in total. The van der Waals surface area contributed by atoms with Crippen molar-refractivity contribution >= 4 is 11.5 Å². The van der Waals surface area contributed by atoms with Gasteiger partial charge in [0.05, 0.1) is 6.61 Å². The molecule has 0 saturated heterocycles. The van der Waals surface area contributed by atoms with E-state index >= 15 is 0 Å². The van der Waals surface area contributed by atoms with Crippen LogP contribution in [0, 0.1) is 12.8 Å². The van der Waals surface area contributed by atoms with Crippen molar-refractivity contribution < 1.29 is 9.53 Å². The maximum Gasteiger partial charge on any atom is 0.162 e. The number of benzene rings is 1. The van der Waals surface area contributed by atoms with Gasteiger partial charge in [0.1, 0.15) is 5.76 Å². The Morgan fingerprint density at radius 3 is 2.58 bits per heavy atom. The lowest BCUT2D eigenvalue weighted by Gasteiger charge is -2.24. The van der Waals surface area contributed by atoms with E-state index in [2.05, 4.69) is 30.4 Å². The Bertz CT molecular complexity index is 781. The van der Waals surface area contributed by atoms with Gasteiger partial charge in [-0.15, -0.1) is 0 Å². The SMILES string of the molecule is CCOC1=CC(/C(C(C)=O)=C(\C)Nc2ccc(C)cc2)=C2CCCC[C@@H]12. The molecule has 1 aromatic carbocycles.